The summed E-state index contributed by atoms with van der Waals surface area (Å²) in [5.74, 6) is -1.87. The molecule has 0 atom stereocenters. The van der Waals surface area contributed by atoms with Gasteiger partial charge in [-0.05, 0) is 24.6 Å². The summed E-state index contributed by atoms with van der Waals surface area (Å²) < 4.78 is 26.5. The summed E-state index contributed by atoms with van der Waals surface area (Å²) in [5, 5.41) is 3.91. The third-order valence-corrected chi connectivity index (χ3v) is 4.31. The van der Waals surface area contributed by atoms with Crippen molar-refractivity contribution in [3.05, 3.63) is 22.3 Å². The van der Waals surface area contributed by atoms with Crippen molar-refractivity contribution in [1.29, 1.82) is 0 Å². The molecule has 0 radical (unpaired) electrons. The molecule has 2 aliphatic rings. The fraction of sp³-hybridized carbons (Fsp3) is 0.643. The predicted molar refractivity (Wildman–Crippen MR) is 90.4 cm³/mol. The summed E-state index contributed by atoms with van der Waals surface area (Å²) in [6.45, 7) is 2.47. The fourth-order valence-electron chi connectivity index (χ4n) is 2.81. The molecule has 1 fully saturated rings. The molecule has 3 rings (SSSR count). The molecule has 3 nitrogen and oxygen atoms in total. The van der Waals surface area contributed by atoms with Crippen LogP contribution in [-0.4, -0.2) is 37.1 Å². The molecule has 1 N–H and O–H groups in total. The van der Waals surface area contributed by atoms with E-state index in [0.29, 0.717) is 23.9 Å². The van der Waals surface area contributed by atoms with Crippen LogP contribution in [0.25, 0.3) is 0 Å². The van der Waals surface area contributed by atoms with E-state index in [1.165, 1.54) is 5.56 Å². The average molecular weight is 375 g/mol. The number of nitrogens with zero attached hydrogens (tertiary/aromatic N) is 2. The van der Waals surface area contributed by atoms with E-state index in [4.69, 9.17) is 11.6 Å². The van der Waals surface area contributed by atoms with E-state index in [1.807, 2.05) is 11.0 Å². The van der Waals surface area contributed by atoms with Gasteiger partial charge in [0.25, 0.3) is 5.92 Å². The number of hydrogen-bond acceptors (Lipinski definition) is 3. The van der Waals surface area contributed by atoms with Crippen molar-refractivity contribution in [2.75, 3.05) is 31.1 Å². The Bertz CT molecular complexity index is 504. The zero-order valence-electron chi connectivity index (χ0n) is 12.1. The lowest BCUT2D eigenvalue weighted by atomic mass is 10.1. The van der Waals surface area contributed by atoms with Gasteiger partial charge in [0, 0.05) is 44.6 Å². The molecule has 1 saturated heterocycles. The van der Waals surface area contributed by atoms with E-state index < -0.39 is 5.92 Å². The van der Waals surface area contributed by atoms with Crippen molar-refractivity contribution in [1.82, 2.24) is 10.3 Å². The smallest absolute Gasteiger partial charge is 0.251 e. The second-order valence-corrected chi connectivity index (χ2v) is 5.90. The first-order chi connectivity index (χ1) is 9.55. The van der Waals surface area contributed by atoms with Crippen LogP contribution in [0, 0.1) is 0 Å². The first-order valence-electron chi connectivity index (χ1n) is 7.07. The average Bonchev–Trinajstić information content (AvgIpc) is 2.63. The second-order valence-electron chi connectivity index (χ2n) is 5.49. The predicted octanol–water partition coefficient (Wildman–Crippen LogP) is 3.50. The normalized spacial score (nSPS) is 20.2. The maximum atomic E-state index is 13.2. The van der Waals surface area contributed by atoms with E-state index in [2.05, 4.69) is 10.3 Å². The van der Waals surface area contributed by atoms with Gasteiger partial charge in [-0.15, -0.1) is 24.8 Å². The Balaban J connectivity index is 0.00000121. The number of hydrogen-bond donors (Lipinski definition) is 1. The largest absolute Gasteiger partial charge is 0.355 e. The molecule has 0 unspecified atom stereocenters. The van der Waals surface area contributed by atoms with Gasteiger partial charge in [0.1, 0.15) is 5.82 Å². The maximum Gasteiger partial charge on any atom is 0.251 e. The monoisotopic (exact) mass is 373 g/mol. The van der Waals surface area contributed by atoms with E-state index in [1.54, 1.807) is 0 Å². The van der Waals surface area contributed by atoms with E-state index >= 15 is 0 Å². The van der Waals surface area contributed by atoms with E-state index in [0.717, 1.165) is 31.6 Å². The summed E-state index contributed by atoms with van der Waals surface area (Å²) in [6.07, 6.45) is 1.54. The van der Waals surface area contributed by atoms with Crippen molar-refractivity contribution in [2.24, 2.45) is 0 Å². The molecule has 0 aromatic carbocycles. The Hall–Kier alpha value is -0.360. The van der Waals surface area contributed by atoms with Crippen molar-refractivity contribution in [3.63, 3.8) is 0 Å². The van der Waals surface area contributed by atoms with Gasteiger partial charge in [0.2, 0.25) is 0 Å². The molecule has 3 heterocycles. The topological polar surface area (TPSA) is 28.2 Å². The summed E-state index contributed by atoms with van der Waals surface area (Å²) in [7, 11) is 0. The lowest BCUT2D eigenvalue weighted by Crippen LogP contribution is -2.40. The second kappa shape index (κ2) is 7.95. The fourth-order valence-corrected chi connectivity index (χ4v) is 3.10. The molecule has 0 saturated carbocycles. The Morgan fingerprint density at radius 1 is 1.14 bits per heavy atom. The molecule has 1 aromatic rings. The van der Waals surface area contributed by atoms with Crippen LogP contribution in [0.4, 0.5) is 14.6 Å². The number of piperidine rings is 1. The van der Waals surface area contributed by atoms with Gasteiger partial charge in [-0.3, -0.25) is 0 Å². The van der Waals surface area contributed by atoms with Gasteiger partial charge in [0.15, 0.2) is 0 Å². The van der Waals surface area contributed by atoms with Gasteiger partial charge < -0.3 is 10.2 Å². The number of fused-ring (bicyclic) bond motifs is 1. The van der Waals surface area contributed by atoms with Crippen LogP contribution in [0.3, 0.4) is 0 Å². The Kier molecular flexibility index (Phi) is 7.12. The SMILES string of the molecule is Cl.Cl.FC1(F)CCN(c2nc3c(cc2Cl)CCNCC3)CC1. The van der Waals surface area contributed by atoms with Crippen LogP contribution in [0.2, 0.25) is 5.02 Å². The van der Waals surface area contributed by atoms with Gasteiger partial charge in [-0.2, -0.15) is 0 Å². The Morgan fingerprint density at radius 3 is 2.45 bits per heavy atom. The first-order valence-corrected chi connectivity index (χ1v) is 7.45. The molecule has 0 aliphatic carbocycles. The molecule has 8 heteroatoms. The zero-order valence-corrected chi connectivity index (χ0v) is 14.5. The number of aromatic nitrogens is 1. The standard InChI is InChI=1S/C14H18ClF2N3.2ClH/c15-11-9-10-1-5-18-6-2-12(10)19-13(11)20-7-3-14(16,17)4-8-20;;/h9,18H,1-8H2;2*1H. The van der Waals surface area contributed by atoms with Gasteiger partial charge >= 0.3 is 0 Å². The Labute approximate surface area is 146 Å². The molecule has 2 aliphatic heterocycles. The molecular weight excluding hydrogens is 355 g/mol. The number of halogens is 5. The van der Waals surface area contributed by atoms with Crippen LogP contribution in [-0.2, 0) is 12.8 Å². The lowest BCUT2D eigenvalue weighted by Gasteiger charge is -2.33. The van der Waals surface area contributed by atoms with Crippen LogP contribution in [0.15, 0.2) is 6.07 Å². The summed E-state index contributed by atoms with van der Waals surface area (Å²) in [4.78, 5) is 6.54. The summed E-state index contributed by atoms with van der Waals surface area (Å²) >= 11 is 6.31. The number of nitrogens with one attached hydrogen (secondary N) is 1. The van der Waals surface area contributed by atoms with Crippen molar-refractivity contribution >= 4 is 42.2 Å². The minimum atomic E-state index is -2.54. The number of pyridine rings is 1. The van der Waals surface area contributed by atoms with Crippen LogP contribution in [0.1, 0.15) is 24.1 Å². The molecule has 0 bridgehead atoms. The van der Waals surface area contributed by atoms with Gasteiger partial charge in [0.05, 0.1) is 5.02 Å². The van der Waals surface area contributed by atoms with Crippen LogP contribution in [0.5, 0.6) is 0 Å². The third kappa shape index (κ3) is 4.34. The van der Waals surface area contributed by atoms with Crippen molar-refractivity contribution in [2.45, 2.75) is 31.6 Å². The molecule has 22 heavy (non-hydrogen) atoms. The minimum absolute atomic E-state index is 0. The molecular formula is C14H20Cl3F2N3. The van der Waals surface area contributed by atoms with Crippen molar-refractivity contribution < 1.29 is 8.78 Å². The highest BCUT2D eigenvalue weighted by molar-refractivity contribution is 6.33. The molecule has 0 amide bonds. The van der Waals surface area contributed by atoms with Crippen LogP contribution < -0.4 is 10.2 Å². The molecule has 126 valence electrons. The Morgan fingerprint density at radius 2 is 1.77 bits per heavy atom. The number of alkyl halides is 2. The van der Waals surface area contributed by atoms with Gasteiger partial charge in [-0.1, -0.05) is 11.6 Å². The highest BCUT2D eigenvalue weighted by Crippen LogP contribution is 2.33. The third-order valence-electron chi connectivity index (χ3n) is 4.03. The molecule has 0 spiro atoms. The highest BCUT2D eigenvalue weighted by Gasteiger charge is 2.35. The van der Waals surface area contributed by atoms with Gasteiger partial charge in [-0.25, -0.2) is 13.8 Å². The quantitative estimate of drug-likeness (QED) is 0.815. The zero-order chi connectivity index (χ0) is 14.2. The van der Waals surface area contributed by atoms with Crippen LogP contribution >= 0.6 is 36.4 Å². The number of anilines is 1. The lowest BCUT2D eigenvalue weighted by molar-refractivity contribution is -0.0221. The van der Waals surface area contributed by atoms with E-state index in [-0.39, 0.29) is 37.7 Å². The number of rotatable bonds is 1. The van der Waals surface area contributed by atoms with E-state index in [9.17, 15) is 8.78 Å². The molecule has 1 aromatic heterocycles. The highest BCUT2D eigenvalue weighted by atomic mass is 35.5. The van der Waals surface area contributed by atoms with Crippen molar-refractivity contribution in [3.8, 4) is 0 Å². The first kappa shape index (κ1) is 19.7. The minimum Gasteiger partial charge on any atom is -0.355 e. The summed E-state index contributed by atoms with van der Waals surface area (Å²) in [5.41, 5.74) is 2.22. The summed E-state index contributed by atoms with van der Waals surface area (Å²) in [6, 6.07) is 1.96. The maximum absolute atomic E-state index is 13.2.